The van der Waals surface area contributed by atoms with E-state index in [0.29, 0.717) is 24.4 Å². The first kappa shape index (κ1) is 21.9. The van der Waals surface area contributed by atoms with Gasteiger partial charge in [0.05, 0.1) is 10.8 Å². The minimum absolute atomic E-state index is 0.0571. The minimum atomic E-state index is -3.56. The smallest absolute Gasteiger partial charge is 0.243 e. The molecule has 5 nitrogen and oxygen atoms in total. The Kier molecular flexibility index (Phi) is 7.38. The molecule has 1 atom stereocenters. The van der Waals surface area contributed by atoms with E-state index >= 15 is 0 Å². The number of nitrogens with zero attached hydrogens (tertiary/aromatic N) is 1. The maximum Gasteiger partial charge on any atom is 0.243 e. The Balaban J connectivity index is 1.51. The van der Waals surface area contributed by atoms with E-state index in [4.69, 9.17) is 0 Å². The van der Waals surface area contributed by atoms with Crippen LogP contribution in [0.25, 0.3) is 0 Å². The van der Waals surface area contributed by atoms with Gasteiger partial charge in [0, 0.05) is 30.3 Å². The lowest BCUT2D eigenvalue weighted by molar-refractivity contribution is -0.125. The number of hydrogen-bond acceptors (Lipinski definition) is 4. The van der Waals surface area contributed by atoms with E-state index in [-0.39, 0.29) is 18.4 Å². The number of sulfonamides is 1. The van der Waals surface area contributed by atoms with Gasteiger partial charge in [-0.2, -0.15) is 4.31 Å². The highest BCUT2D eigenvalue weighted by Gasteiger charge is 2.33. The molecule has 3 rings (SSSR count). The van der Waals surface area contributed by atoms with Crippen molar-refractivity contribution < 1.29 is 13.2 Å². The highest BCUT2D eigenvalue weighted by Crippen LogP contribution is 2.24. The van der Waals surface area contributed by atoms with Gasteiger partial charge in [0.25, 0.3) is 0 Å². The van der Waals surface area contributed by atoms with Crippen LogP contribution in [-0.4, -0.2) is 44.0 Å². The predicted molar refractivity (Wildman–Crippen MR) is 118 cm³/mol. The summed E-state index contributed by atoms with van der Waals surface area (Å²) >= 11 is 1.70. The number of carbonyl (C=O) groups excluding carboxylic acids is 1. The lowest BCUT2D eigenvalue weighted by Gasteiger charge is -2.31. The van der Waals surface area contributed by atoms with Gasteiger partial charge in [0.2, 0.25) is 15.9 Å². The number of piperidine rings is 1. The number of carbonyl (C=O) groups is 1. The third kappa shape index (κ3) is 5.84. The van der Waals surface area contributed by atoms with E-state index in [0.717, 1.165) is 17.7 Å². The van der Waals surface area contributed by atoms with E-state index in [2.05, 4.69) is 36.5 Å². The number of thioether (sulfide) groups is 1. The summed E-state index contributed by atoms with van der Waals surface area (Å²) in [5, 5.41) is 2.97. The number of rotatable bonds is 7. The van der Waals surface area contributed by atoms with Crippen molar-refractivity contribution in [3.8, 4) is 0 Å². The molecule has 1 aliphatic rings. The molecule has 1 aliphatic heterocycles. The van der Waals surface area contributed by atoms with Crippen LogP contribution in [0.3, 0.4) is 0 Å². The van der Waals surface area contributed by atoms with Gasteiger partial charge in [-0.25, -0.2) is 8.42 Å². The van der Waals surface area contributed by atoms with Crippen LogP contribution >= 0.6 is 11.8 Å². The number of hydrogen-bond donors (Lipinski definition) is 1. The molecule has 1 fully saturated rings. The van der Waals surface area contributed by atoms with E-state index < -0.39 is 10.0 Å². The molecular formula is C22H28N2O3S2. The average Bonchev–Trinajstić information content (AvgIpc) is 2.73. The monoisotopic (exact) mass is 432 g/mol. The average molecular weight is 433 g/mol. The molecule has 1 saturated heterocycles. The van der Waals surface area contributed by atoms with Crippen molar-refractivity contribution >= 4 is 27.7 Å². The fourth-order valence-electron chi connectivity index (χ4n) is 3.36. The zero-order valence-electron chi connectivity index (χ0n) is 16.9. The summed E-state index contributed by atoms with van der Waals surface area (Å²) in [5.41, 5.74) is 2.24. The van der Waals surface area contributed by atoms with Crippen molar-refractivity contribution in [2.75, 3.05) is 25.4 Å². The second-order valence-corrected chi connectivity index (χ2v) is 10.6. The fourth-order valence-corrected chi connectivity index (χ4v) is 5.65. The molecule has 0 unspecified atom stereocenters. The lowest BCUT2D eigenvalue weighted by atomic mass is 9.99. The molecular weight excluding hydrogens is 404 g/mol. The lowest BCUT2D eigenvalue weighted by Crippen LogP contribution is -2.45. The van der Waals surface area contributed by atoms with Crippen LogP contribution in [0.15, 0.2) is 58.3 Å². The molecule has 0 spiro atoms. The van der Waals surface area contributed by atoms with Crippen LogP contribution in [0.4, 0.5) is 0 Å². The molecule has 1 amide bonds. The molecule has 29 heavy (non-hydrogen) atoms. The van der Waals surface area contributed by atoms with Crippen molar-refractivity contribution in [3.63, 3.8) is 0 Å². The molecule has 2 aromatic rings. The van der Waals surface area contributed by atoms with E-state index in [1.165, 1.54) is 14.8 Å². The van der Waals surface area contributed by atoms with Gasteiger partial charge in [-0.05, 0) is 51.0 Å². The third-order valence-electron chi connectivity index (χ3n) is 5.10. The number of benzene rings is 2. The van der Waals surface area contributed by atoms with Crippen LogP contribution < -0.4 is 5.32 Å². The van der Waals surface area contributed by atoms with Crippen molar-refractivity contribution in [2.24, 2.45) is 5.92 Å². The zero-order chi connectivity index (χ0) is 20.9. The second kappa shape index (κ2) is 9.78. The van der Waals surface area contributed by atoms with E-state index in [1.807, 2.05) is 6.92 Å². The molecule has 0 radical (unpaired) electrons. The Morgan fingerprint density at radius 1 is 1.07 bits per heavy atom. The van der Waals surface area contributed by atoms with Gasteiger partial charge >= 0.3 is 0 Å². The number of aryl methyl sites for hydroxylation is 2. The maximum atomic E-state index is 12.9. The molecule has 0 aliphatic carbocycles. The summed E-state index contributed by atoms with van der Waals surface area (Å²) in [6.45, 7) is 5.25. The standard InChI is InChI=1S/C22H28N2O3S2/c1-17-5-9-20(10-6-17)28-15-13-23-22(25)19-4-3-14-24(16-19)29(26,27)21-11-7-18(2)8-12-21/h5-12,19H,3-4,13-16H2,1-2H3,(H,23,25)/t19-/m1/s1. The summed E-state index contributed by atoms with van der Waals surface area (Å²) < 4.78 is 27.2. The Bertz CT molecular complexity index is 926. The minimum Gasteiger partial charge on any atom is -0.355 e. The topological polar surface area (TPSA) is 66.5 Å². The Morgan fingerprint density at radius 3 is 2.34 bits per heavy atom. The number of amides is 1. The van der Waals surface area contributed by atoms with E-state index in [9.17, 15) is 13.2 Å². The molecule has 0 saturated carbocycles. The molecule has 0 bridgehead atoms. The van der Waals surface area contributed by atoms with Crippen LogP contribution in [0.5, 0.6) is 0 Å². The summed E-state index contributed by atoms with van der Waals surface area (Å²) in [7, 11) is -3.56. The van der Waals surface area contributed by atoms with E-state index in [1.54, 1.807) is 36.0 Å². The Hall–Kier alpha value is -1.83. The molecule has 1 heterocycles. The first-order valence-electron chi connectivity index (χ1n) is 9.90. The first-order valence-corrected chi connectivity index (χ1v) is 12.3. The predicted octanol–water partition coefficient (Wildman–Crippen LogP) is 3.61. The first-order chi connectivity index (χ1) is 13.9. The van der Waals surface area contributed by atoms with Crippen molar-refractivity contribution in [2.45, 2.75) is 36.5 Å². The van der Waals surface area contributed by atoms with Gasteiger partial charge in [-0.15, -0.1) is 11.8 Å². The van der Waals surface area contributed by atoms with Gasteiger partial charge in [0.1, 0.15) is 0 Å². The third-order valence-corrected chi connectivity index (χ3v) is 8.00. The van der Waals surface area contributed by atoms with Gasteiger partial charge in [0.15, 0.2) is 0 Å². The highest BCUT2D eigenvalue weighted by molar-refractivity contribution is 7.99. The van der Waals surface area contributed by atoms with Crippen LogP contribution in [0.1, 0.15) is 24.0 Å². The molecule has 7 heteroatoms. The highest BCUT2D eigenvalue weighted by atomic mass is 32.2. The zero-order valence-corrected chi connectivity index (χ0v) is 18.6. The summed E-state index contributed by atoms with van der Waals surface area (Å²) in [5.74, 6) is 0.430. The summed E-state index contributed by atoms with van der Waals surface area (Å²) in [6.07, 6.45) is 1.41. The fraction of sp³-hybridized carbons (Fsp3) is 0.409. The van der Waals surface area contributed by atoms with Crippen LogP contribution in [0.2, 0.25) is 0 Å². The summed E-state index contributed by atoms with van der Waals surface area (Å²) in [4.78, 5) is 14.0. The van der Waals surface area contributed by atoms with Crippen molar-refractivity contribution in [3.05, 3.63) is 59.7 Å². The Labute approximate surface area is 177 Å². The molecule has 1 N–H and O–H groups in total. The van der Waals surface area contributed by atoms with Crippen LogP contribution in [-0.2, 0) is 14.8 Å². The van der Waals surface area contributed by atoms with Gasteiger partial charge in [-0.1, -0.05) is 35.4 Å². The molecule has 2 aromatic carbocycles. The van der Waals surface area contributed by atoms with Gasteiger partial charge < -0.3 is 5.32 Å². The van der Waals surface area contributed by atoms with Gasteiger partial charge in [-0.3, -0.25) is 4.79 Å². The second-order valence-electron chi connectivity index (χ2n) is 7.47. The summed E-state index contributed by atoms with van der Waals surface area (Å²) in [6, 6.07) is 15.2. The maximum absolute atomic E-state index is 12.9. The van der Waals surface area contributed by atoms with Crippen LogP contribution in [0, 0.1) is 19.8 Å². The molecule has 0 aromatic heterocycles. The van der Waals surface area contributed by atoms with Crippen molar-refractivity contribution in [1.29, 1.82) is 0 Å². The SMILES string of the molecule is Cc1ccc(SCCNC(=O)[C@@H]2CCCN(S(=O)(=O)c3ccc(C)cc3)C2)cc1. The largest absolute Gasteiger partial charge is 0.355 e. The number of nitrogens with one attached hydrogen (secondary N) is 1. The normalized spacial score (nSPS) is 17.8. The molecule has 156 valence electrons. The Morgan fingerprint density at radius 2 is 1.69 bits per heavy atom. The van der Waals surface area contributed by atoms with Crippen molar-refractivity contribution in [1.82, 2.24) is 9.62 Å². The quantitative estimate of drug-likeness (QED) is 0.536.